The number of carbonyl (C=O) groups excluding carboxylic acids is 1. The summed E-state index contributed by atoms with van der Waals surface area (Å²) in [4.78, 5) is 12.4. The Morgan fingerprint density at radius 1 is 0.952 bits per heavy atom. The molecule has 0 atom stereocenters. The van der Waals surface area contributed by atoms with E-state index in [9.17, 15) is 4.79 Å². The monoisotopic (exact) mass is 281 g/mol. The Labute approximate surface area is 127 Å². The lowest BCUT2D eigenvalue weighted by Gasteiger charge is -2.11. The summed E-state index contributed by atoms with van der Waals surface area (Å²) in [5, 5.41) is 0. The number of rotatable bonds is 6. The van der Waals surface area contributed by atoms with Crippen LogP contribution in [0.25, 0.3) is 6.08 Å². The molecule has 1 aromatic rings. The van der Waals surface area contributed by atoms with Crippen LogP contribution in [0, 0.1) is 0 Å². The highest BCUT2D eigenvalue weighted by Gasteiger charge is 1.93. The van der Waals surface area contributed by atoms with Crippen molar-refractivity contribution >= 4 is 18.0 Å². The zero-order valence-electron chi connectivity index (χ0n) is 13.2. The molecule has 21 heavy (non-hydrogen) atoms. The summed E-state index contributed by atoms with van der Waals surface area (Å²) in [5.74, 6) is 0. The molecular weight excluding hydrogens is 258 g/mol. The second-order valence-electron chi connectivity index (χ2n) is 5.14. The molecule has 2 nitrogen and oxygen atoms in total. The van der Waals surface area contributed by atoms with Gasteiger partial charge in [-0.2, -0.15) is 0 Å². The van der Waals surface area contributed by atoms with E-state index in [4.69, 9.17) is 0 Å². The van der Waals surface area contributed by atoms with E-state index in [1.165, 1.54) is 11.3 Å². The SMILES string of the molecule is CC(C=Cc1ccc(N(C)C)cc1)=CC=C/C(C)=C/C=O. The number of carbonyl (C=O) groups is 1. The molecule has 110 valence electrons. The Morgan fingerprint density at radius 3 is 2.14 bits per heavy atom. The molecule has 0 heterocycles. The Hall–Kier alpha value is -2.35. The molecule has 0 radical (unpaired) electrons. The van der Waals surface area contributed by atoms with Crippen molar-refractivity contribution in [2.24, 2.45) is 0 Å². The van der Waals surface area contributed by atoms with Crippen molar-refractivity contribution in [1.29, 1.82) is 0 Å². The van der Waals surface area contributed by atoms with E-state index in [0.29, 0.717) is 0 Å². The fourth-order valence-electron chi connectivity index (χ4n) is 1.68. The van der Waals surface area contributed by atoms with Gasteiger partial charge in [-0.05, 0) is 43.2 Å². The smallest absolute Gasteiger partial charge is 0.143 e. The molecule has 0 aromatic heterocycles. The molecule has 0 bridgehead atoms. The van der Waals surface area contributed by atoms with Gasteiger partial charge in [0.25, 0.3) is 0 Å². The highest BCUT2D eigenvalue weighted by molar-refractivity contribution is 5.67. The predicted molar refractivity (Wildman–Crippen MR) is 92.5 cm³/mol. The summed E-state index contributed by atoms with van der Waals surface area (Å²) in [6, 6.07) is 8.41. The van der Waals surface area contributed by atoms with Gasteiger partial charge in [-0.1, -0.05) is 48.1 Å². The van der Waals surface area contributed by atoms with E-state index < -0.39 is 0 Å². The minimum absolute atomic E-state index is 0.799. The minimum atomic E-state index is 0.799. The van der Waals surface area contributed by atoms with E-state index in [-0.39, 0.29) is 0 Å². The number of anilines is 1. The molecule has 0 aliphatic carbocycles. The van der Waals surface area contributed by atoms with Crippen molar-refractivity contribution in [2.75, 3.05) is 19.0 Å². The Kier molecular flexibility index (Phi) is 6.96. The van der Waals surface area contributed by atoms with Crippen molar-refractivity contribution in [1.82, 2.24) is 0 Å². The van der Waals surface area contributed by atoms with Gasteiger partial charge >= 0.3 is 0 Å². The zero-order chi connectivity index (χ0) is 15.7. The van der Waals surface area contributed by atoms with Crippen LogP contribution in [-0.4, -0.2) is 20.4 Å². The third kappa shape index (κ3) is 6.57. The first kappa shape index (κ1) is 16.7. The van der Waals surface area contributed by atoms with Crippen LogP contribution in [-0.2, 0) is 4.79 Å². The van der Waals surface area contributed by atoms with E-state index >= 15 is 0 Å². The van der Waals surface area contributed by atoms with Gasteiger partial charge in [0, 0.05) is 19.8 Å². The Morgan fingerprint density at radius 2 is 1.57 bits per heavy atom. The van der Waals surface area contributed by atoms with Gasteiger partial charge < -0.3 is 4.90 Å². The van der Waals surface area contributed by atoms with Gasteiger partial charge in [0.2, 0.25) is 0 Å². The van der Waals surface area contributed by atoms with E-state index in [1.54, 1.807) is 6.08 Å². The molecule has 0 spiro atoms. The second-order valence-corrected chi connectivity index (χ2v) is 5.14. The number of hydrogen-bond donors (Lipinski definition) is 0. The van der Waals surface area contributed by atoms with E-state index in [2.05, 4.69) is 41.3 Å². The molecule has 2 heteroatoms. The first-order valence-electron chi connectivity index (χ1n) is 6.95. The topological polar surface area (TPSA) is 20.3 Å². The van der Waals surface area contributed by atoms with Crippen LogP contribution in [0.2, 0.25) is 0 Å². The summed E-state index contributed by atoms with van der Waals surface area (Å²) in [6.45, 7) is 3.95. The quantitative estimate of drug-likeness (QED) is 0.437. The summed E-state index contributed by atoms with van der Waals surface area (Å²) < 4.78 is 0. The van der Waals surface area contributed by atoms with Crippen molar-refractivity contribution in [3.63, 3.8) is 0 Å². The third-order valence-electron chi connectivity index (χ3n) is 3.00. The number of allylic oxidation sites excluding steroid dienone is 7. The molecule has 0 N–H and O–H groups in total. The lowest BCUT2D eigenvalue weighted by Crippen LogP contribution is -2.07. The zero-order valence-corrected chi connectivity index (χ0v) is 13.2. The lowest BCUT2D eigenvalue weighted by atomic mass is 10.1. The van der Waals surface area contributed by atoms with E-state index in [0.717, 1.165) is 17.4 Å². The van der Waals surface area contributed by atoms with Gasteiger partial charge in [-0.15, -0.1) is 0 Å². The molecule has 0 unspecified atom stereocenters. The Balaban J connectivity index is 2.67. The minimum Gasteiger partial charge on any atom is -0.378 e. The molecule has 0 amide bonds. The highest BCUT2D eigenvalue weighted by atomic mass is 16.1. The van der Waals surface area contributed by atoms with Crippen LogP contribution in [0.5, 0.6) is 0 Å². The second kappa shape index (κ2) is 8.75. The first-order valence-corrected chi connectivity index (χ1v) is 6.95. The number of benzene rings is 1. The van der Waals surface area contributed by atoms with Crippen molar-refractivity contribution in [3.05, 3.63) is 71.4 Å². The number of aldehydes is 1. The van der Waals surface area contributed by atoms with E-state index in [1.807, 2.05) is 46.2 Å². The standard InChI is InChI=1S/C19H23NO/c1-16(6-5-7-17(2)14-15-21)8-9-18-10-12-19(13-11-18)20(3)4/h5-15H,1-4H3/b7-5?,9-8?,16-6?,17-14+. The average Bonchev–Trinajstić information content (AvgIpc) is 2.46. The molecule has 0 saturated heterocycles. The van der Waals surface area contributed by atoms with Gasteiger partial charge in [0.05, 0.1) is 0 Å². The fourth-order valence-corrected chi connectivity index (χ4v) is 1.68. The van der Waals surface area contributed by atoms with Crippen LogP contribution in [0.3, 0.4) is 0 Å². The molecule has 0 aliphatic rings. The summed E-state index contributed by atoms with van der Waals surface area (Å²) in [6.07, 6.45) is 12.4. The third-order valence-corrected chi connectivity index (χ3v) is 3.00. The van der Waals surface area contributed by atoms with Crippen molar-refractivity contribution in [2.45, 2.75) is 13.8 Å². The molecule has 1 rings (SSSR count). The maximum Gasteiger partial charge on any atom is 0.143 e. The highest BCUT2D eigenvalue weighted by Crippen LogP contribution is 2.13. The van der Waals surface area contributed by atoms with Gasteiger partial charge in [-0.25, -0.2) is 0 Å². The van der Waals surface area contributed by atoms with Crippen molar-refractivity contribution in [3.8, 4) is 0 Å². The molecular formula is C19H23NO. The van der Waals surface area contributed by atoms with Crippen LogP contribution < -0.4 is 4.90 Å². The Bertz CT molecular complexity index is 572. The summed E-state index contributed by atoms with van der Waals surface area (Å²) in [5.41, 5.74) is 4.47. The predicted octanol–water partition coefficient (Wildman–Crippen LogP) is 4.41. The summed E-state index contributed by atoms with van der Waals surface area (Å²) >= 11 is 0. The van der Waals surface area contributed by atoms with Crippen LogP contribution in [0.1, 0.15) is 19.4 Å². The van der Waals surface area contributed by atoms with Crippen LogP contribution >= 0.6 is 0 Å². The molecule has 0 fully saturated rings. The maximum atomic E-state index is 10.3. The van der Waals surface area contributed by atoms with Crippen LogP contribution in [0.15, 0.2) is 65.8 Å². The largest absolute Gasteiger partial charge is 0.378 e. The molecule has 1 aromatic carbocycles. The normalized spacial score (nSPS) is 13.1. The fraction of sp³-hybridized carbons (Fsp3) is 0.211. The van der Waals surface area contributed by atoms with Gasteiger partial charge in [0.1, 0.15) is 6.29 Å². The lowest BCUT2D eigenvalue weighted by molar-refractivity contribution is -0.104. The number of nitrogens with zero attached hydrogens (tertiary/aromatic N) is 1. The first-order chi connectivity index (χ1) is 10.0. The molecule has 0 saturated carbocycles. The van der Waals surface area contributed by atoms with Gasteiger partial charge in [0.15, 0.2) is 0 Å². The van der Waals surface area contributed by atoms with Crippen LogP contribution in [0.4, 0.5) is 5.69 Å². The number of hydrogen-bond acceptors (Lipinski definition) is 2. The maximum absolute atomic E-state index is 10.3. The summed E-state index contributed by atoms with van der Waals surface area (Å²) in [7, 11) is 4.07. The van der Waals surface area contributed by atoms with Crippen molar-refractivity contribution < 1.29 is 4.79 Å². The molecule has 0 aliphatic heterocycles. The van der Waals surface area contributed by atoms with Gasteiger partial charge in [-0.3, -0.25) is 4.79 Å². The average molecular weight is 281 g/mol.